The molecule has 8 heteroatoms. The van der Waals surface area contributed by atoms with Crippen LogP contribution >= 0.6 is 22.9 Å². The monoisotopic (exact) mass is 445 g/mol. The highest BCUT2D eigenvalue weighted by atomic mass is 35.5. The van der Waals surface area contributed by atoms with E-state index in [1.165, 1.54) is 35.3 Å². The van der Waals surface area contributed by atoms with Crippen LogP contribution in [0.25, 0.3) is 0 Å². The fourth-order valence-electron chi connectivity index (χ4n) is 4.37. The Kier molecular flexibility index (Phi) is 5.09. The minimum atomic E-state index is -1.08. The summed E-state index contributed by atoms with van der Waals surface area (Å²) in [6.45, 7) is 1.58. The maximum Gasteiger partial charge on any atom is 0.262 e. The maximum absolute atomic E-state index is 13.2. The number of hydrogen-bond donors (Lipinski definition) is 3. The number of halogens is 1. The molecule has 1 aromatic heterocycles. The fourth-order valence-corrected chi connectivity index (χ4v) is 5.31. The second-order valence-electron chi connectivity index (χ2n) is 8.51. The number of anilines is 1. The van der Waals surface area contributed by atoms with Gasteiger partial charge >= 0.3 is 0 Å². The van der Waals surface area contributed by atoms with Crippen LogP contribution in [0.1, 0.15) is 40.1 Å². The lowest BCUT2D eigenvalue weighted by Gasteiger charge is -2.27. The van der Waals surface area contributed by atoms with Gasteiger partial charge in [0.25, 0.3) is 11.8 Å². The SMILES string of the molecule is O=C(N[C@]1(C(=O)Nc2ccc3c(c2)CC2(CC2)NCC3)CCOC1)c1ccc(Cl)s1. The highest BCUT2D eigenvalue weighted by molar-refractivity contribution is 7.18. The molecule has 1 saturated carbocycles. The van der Waals surface area contributed by atoms with Gasteiger partial charge in [-0.1, -0.05) is 17.7 Å². The lowest BCUT2D eigenvalue weighted by molar-refractivity contribution is -0.122. The predicted molar refractivity (Wildman–Crippen MR) is 117 cm³/mol. The molecule has 158 valence electrons. The molecule has 0 unspecified atom stereocenters. The van der Waals surface area contributed by atoms with Crippen LogP contribution in [0.15, 0.2) is 30.3 Å². The summed E-state index contributed by atoms with van der Waals surface area (Å²) in [5.41, 5.74) is 2.57. The molecule has 3 N–H and O–H groups in total. The third-order valence-corrected chi connectivity index (χ3v) is 7.58. The van der Waals surface area contributed by atoms with Crippen molar-refractivity contribution in [3.05, 3.63) is 50.7 Å². The summed E-state index contributed by atoms with van der Waals surface area (Å²) in [5.74, 6) is -0.555. The first-order valence-electron chi connectivity index (χ1n) is 10.3. The molecule has 6 nitrogen and oxygen atoms in total. The second kappa shape index (κ2) is 7.64. The van der Waals surface area contributed by atoms with Gasteiger partial charge in [0.2, 0.25) is 0 Å². The van der Waals surface area contributed by atoms with E-state index in [0.717, 1.165) is 25.1 Å². The van der Waals surface area contributed by atoms with E-state index in [1.807, 2.05) is 6.07 Å². The van der Waals surface area contributed by atoms with Crippen molar-refractivity contribution in [2.75, 3.05) is 25.1 Å². The lowest BCUT2D eigenvalue weighted by atomic mass is 9.95. The average molecular weight is 446 g/mol. The Morgan fingerprint density at radius 2 is 2.00 bits per heavy atom. The van der Waals surface area contributed by atoms with E-state index in [2.05, 4.69) is 28.1 Å². The number of thiophene rings is 1. The van der Waals surface area contributed by atoms with Gasteiger partial charge in [0.05, 0.1) is 15.8 Å². The van der Waals surface area contributed by atoms with Crippen molar-refractivity contribution >= 4 is 40.4 Å². The molecule has 2 amide bonds. The molecular formula is C22H24ClN3O3S. The molecule has 30 heavy (non-hydrogen) atoms. The van der Waals surface area contributed by atoms with Crippen molar-refractivity contribution in [1.29, 1.82) is 0 Å². The van der Waals surface area contributed by atoms with Crippen molar-refractivity contribution in [3.8, 4) is 0 Å². The van der Waals surface area contributed by atoms with Gasteiger partial charge in [0.15, 0.2) is 0 Å². The minimum absolute atomic E-state index is 0.154. The number of benzene rings is 1. The summed E-state index contributed by atoms with van der Waals surface area (Å²) >= 11 is 7.14. The van der Waals surface area contributed by atoms with Gasteiger partial charge < -0.3 is 20.7 Å². The Labute approximate surface area is 184 Å². The van der Waals surface area contributed by atoms with Crippen LogP contribution in [-0.2, 0) is 22.4 Å². The molecule has 1 aliphatic carbocycles. The van der Waals surface area contributed by atoms with Gasteiger partial charge in [-0.05, 0) is 67.6 Å². The molecule has 1 spiro atoms. The standard InChI is InChI=1S/C22H24ClN3O3S/c23-18-4-3-17(30-18)19(27)26-22(8-10-29-13-22)20(28)25-16-2-1-14-5-9-24-21(6-7-21)12-15(14)11-16/h1-4,11,24H,5-10,12-13H2,(H,25,28)(H,26,27)/t22-/m1/s1. The molecule has 5 rings (SSSR count). The first-order valence-corrected chi connectivity index (χ1v) is 11.5. The third-order valence-electron chi connectivity index (χ3n) is 6.35. The van der Waals surface area contributed by atoms with E-state index in [1.54, 1.807) is 12.1 Å². The summed E-state index contributed by atoms with van der Waals surface area (Å²) in [7, 11) is 0. The molecule has 1 aromatic carbocycles. The van der Waals surface area contributed by atoms with E-state index in [-0.39, 0.29) is 24.0 Å². The lowest BCUT2D eigenvalue weighted by Crippen LogP contribution is -2.57. The zero-order valence-corrected chi connectivity index (χ0v) is 18.1. The van der Waals surface area contributed by atoms with E-state index in [4.69, 9.17) is 16.3 Å². The average Bonchev–Trinajstić information content (AvgIpc) is 3.13. The van der Waals surface area contributed by atoms with Crippen LogP contribution in [0.3, 0.4) is 0 Å². The van der Waals surface area contributed by atoms with Gasteiger partial charge in [-0.15, -0.1) is 11.3 Å². The molecule has 2 aliphatic heterocycles. The van der Waals surface area contributed by atoms with Gasteiger partial charge in [0.1, 0.15) is 5.54 Å². The molecule has 0 bridgehead atoms. The molecule has 0 radical (unpaired) electrons. The van der Waals surface area contributed by atoms with Gasteiger partial charge in [0, 0.05) is 24.3 Å². The normalized spacial score (nSPS) is 24.2. The summed E-state index contributed by atoms with van der Waals surface area (Å²) in [6.07, 6.45) is 4.85. The zero-order valence-electron chi connectivity index (χ0n) is 16.6. The van der Waals surface area contributed by atoms with E-state index < -0.39 is 5.54 Å². The molecule has 2 fully saturated rings. The number of ether oxygens (including phenoxy) is 1. The first-order chi connectivity index (χ1) is 14.5. The van der Waals surface area contributed by atoms with Crippen molar-refractivity contribution in [2.45, 2.75) is 43.2 Å². The Hall–Kier alpha value is -1.93. The predicted octanol–water partition coefficient (Wildman–Crippen LogP) is 3.15. The summed E-state index contributed by atoms with van der Waals surface area (Å²) in [5, 5.41) is 9.60. The van der Waals surface area contributed by atoms with Crippen LogP contribution < -0.4 is 16.0 Å². The topological polar surface area (TPSA) is 79.5 Å². The van der Waals surface area contributed by atoms with Gasteiger partial charge in [-0.25, -0.2) is 0 Å². The number of hydrogen-bond acceptors (Lipinski definition) is 5. The fraction of sp³-hybridized carbons (Fsp3) is 0.455. The number of nitrogens with one attached hydrogen (secondary N) is 3. The Bertz CT molecular complexity index is 995. The Balaban J connectivity index is 1.34. The third kappa shape index (κ3) is 3.87. The zero-order chi connectivity index (χ0) is 20.8. The Morgan fingerprint density at radius 3 is 2.70 bits per heavy atom. The Morgan fingerprint density at radius 1 is 1.13 bits per heavy atom. The summed E-state index contributed by atoms with van der Waals surface area (Å²) < 4.78 is 6.03. The van der Waals surface area contributed by atoms with Crippen LogP contribution in [0.2, 0.25) is 4.34 Å². The van der Waals surface area contributed by atoms with Crippen molar-refractivity contribution in [1.82, 2.24) is 10.6 Å². The molecular weight excluding hydrogens is 422 g/mol. The number of fused-ring (bicyclic) bond motifs is 1. The second-order valence-corrected chi connectivity index (χ2v) is 10.2. The minimum Gasteiger partial charge on any atom is -0.378 e. The molecule has 2 aromatic rings. The molecule has 1 atom stereocenters. The largest absolute Gasteiger partial charge is 0.378 e. The highest BCUT2D eigenvalue weighted by Gasteiger charge is 2.45. The number of rotatable bonds is 4. The van der Waals surface area contributed by atoms with E-state index >= 15 is 0 Å². The van der Waals surface area contributed by atoms with Crippen LogP contribution in [0, 0.1) is 0 Å². The summed E-state index contributed by atoms with van der Waals surface area (Å²) in [4.78, 5) is 26.4. The van der Waals surface area contributed by atoms with Gasteiger partial charge in [-0.3, -0.25) is 9.59 Å². The van der Waals surface area contributed by atoms with E-state index in [9.17, 15) is 9.59 Å². The smallest absolute Gasteiger partial charge is 0.262 e. The van der Waals surface area contributed by atoms with Crippen LogP contribution in [0.4, 0.5) is 5.69 Å². The van der Waals surface area contributed by atoms with Crippen molar-refractivity contribution < 1.29 is 14.3 Å². The maximum atomic E-state index is 13.2. The first kappa shape index (κ1) is 20.0. The molecule has 3 heterocycles. The van der Waals surface area contributed by atoms with Crippen molar-refractivity contribution in [3.63, 3.8) is 0 Å². The molecule has 3 aliphatic rings. The van der Waals surface area contributed by atoms with E-state index in [0.29, 0.717) is 22.2 Å². The van der Waals surface area contributed by atoms with Crippen molar-refractivity contribution in [2.24, 2.45) is 0 Å². The number of carbonyl (C=O) groups excluding carboxylic acids is 2. The summed E-state index contributed by atoms with van der Waals surface area (Å²) in [6, 6.07) is 9.49. The van der Waals surface area contributed by atoms with Gasteiger partial charge in [-0.2, -0.15) is 0 Å². The number of amides is 2. The quantitative estimate of drug-likeness (QED) is 0.675. The molecule has 1 saturated heterocycles. The van der Waals surface area contributed by atoms with Crippen LogP contribution in [-0.4, -0.2) is 42.7 Å². The highest BCUT2D eigenvalue weighted by Crippen LogP contribution is 2.41. The number of carbonyl (C=O) groups is 2. The van der Waals surface area contributed by atoms with Crippen LogP contribution in [0.5, 0.6) is 0 Å².